The Labute approximate surface area is 130 Å². The topological polar surface area (TPSA) is 64.7 Å². The van der Waals surface area contributed by atoms with Crippen LogP contribution in [0.3, 0.4) is 0 Å². The van der Waals surface area contributed by atoms with Crippen LogP contribution in [0.5, 0.6) is 0 Å². The van der Waals surface area contributed by atoms with Crippen LogP contribution in [0.2, 0.25) is 0 Å². The maximum Gasteiger partial charge on any atom is 0.279 e. The van der Waals surface area contributed by atoms with Crippen LogP contribution < -0.4 is 10.0 Å². The fraction of sp³-hybridized carbons (Fsp3) is 1.00. The van der Waals surface area contributed by atoms with Crippen molar-refractivity contribution in [1.29, 1.82) is 0 Å². The molecule has 1 atom stereocenters. The van der Waals surface area contributed by atoms with Crippen molar-refractivity contribution in [3.8, 4) is 0 Å². The summed E-state index contributed by atoms with van der Waals surface area (Å²) in [5, 5.41) is 3.36. The highest BCUT2D eigenvalue weighted by Gasteiger charge is 2.31. The summed E-state index contributed by atoms with van der Waals surface area (Å²) in [6.45, 7) is 6.92. The van der Waals surface area contributed by atoms with Gasteiger partial charge in [0.2, 0.25) is 0 Å². The van der Waals surface area contributed by atoms with E-state index in [0.29, 0.717) is 19.1 Å². The molecule has 1 heterocycles. The minimum Gasteiger partial charge on any atom is -0.313 e. The summed E-state index contributed by atoms with van der Waals surface area (Å²) < 4.78 is 29.3. The lowest BCUT2D eigenvalue weighted by atomic mass is 10.0. The zero-order chi connectivity index (χ0) is 15.9. The second-order valence-electron chi connectivity index (χ2n) is 6.38. The number of hydrogen-bond donors (Lipinski definition) is 2. The first-order chi connectivity index (χ1) is 9.83. The first-order valence-corrected chi connectivity index (χ1v) is 9.41. The Hall–Kier alpha value is -0.210. The molecule has 6 nitrogen and oxygen atoms in total. The number of nitrogens with zero attached hydrogens (tertiary/aromatic N) is 2. The zero-order valence-electron chi connectivity index (χ0n) is 13.9. The Morgan fingerprint density at radius 1 is 1.29 bits per heavy atom. The summed E-state index contributed by atoms with van der Waals surface area (Å²) in [4.78, 5) is 2.06. The Balaban J connectivity index is 2.52. The van der Waals surface area contributed by atoms with E-state index in [0.717, 1.165) is 38.8 Å². The molecule has 0 aromatic heterocycles. The van der Waals surface area contributed by atoms with Crippen LogP contribution in [0.15, 0.2) is 0 Å². The highest BCUT2D eigenvalue weighted by Crippen LogP contribution is 2.19. The first-order valence-electron chi connectivity index (χ1n) is 7.97. The van der Waals surface area contributed by atoms with E-state index in [9.17, 15) is 8.42 Å². The summed E-state index contributed by atoms with van der Waals surface area (Å²) in [7, 11) is 0.632. The lowest BCUT2D eigenvalue weighted by molar-refractivity contribution is 0.239. The van der Waals surface area contributed by atoms with Gasteiger partial charge in [0, 0.05) is 31.7 Å². The number of nitrogens with one attached hydrogen (secondary N) is 2. The van der Waals surface area contributed by atoms with E-state index < -0.39 is 10.2 Å². The van der Waals surface area contributed by atoms with E-state index in [1.807, 2.05) is 14.1 Å². The minimum absolute atomic E-state index is 0.0764. The largest absolute Gasteiger partial charge is 0.313 e. The molecule has 0 amide bonds. The molecule has 1 unspecified atom stereocenters. The van der Waals surface area contributed by atoms with Gasteiger partial charge in [-0.3, -0.25) is 0 Å². The number of rotatable bonds is 9. The summed E-state index contributed by atoms with van der Waals surface area (Å²) in [5.41, 5.74) is 0. The molecule has 1 aliphatic heterocycles. The third kappa shape index (κ3) is 7.06. The van der Waals surface area contributed by atoms with Gasteiger partial charge in [-0.15, -0.1) is 0 Å². The van der Waals surface area contributed by atoms with Gasteiger partial charge in [0.05, 0.1) is 0 Å². The van der Waals surface area contributed by atoms with Crippen molar-refractivity contribution in [2.75, 3.05) is 40.3 Å². The minimum atomic E-state index is -3.35. The van der Waals surface area contributed by atoms with E-state index >= 15 is 0 Å². The van der Waals surface area contributed by atoms with Gasteiger partial charge >= 0.3 is 0 Å². The molecule has 1 rings (SSSR count). The van der Waals surface area contributed by atoms with E-state index in [4.69, 9.17) is 0 Å². The standard InChI is InChI=1S/C14H32N4O2S/c1-13(2)15-12-14-8-5-6-11-18(14)21(19,20)16-9-7-10-17(3)4/h13-16H,5-12H2,1-4H3. The maximum atomic E-state index is 12.5. The lowest BCUT2D eigenvalue weighted by Gasteiger charge is -2.35. The van der Waals surface area contributed by atoms with Crippen molar-refractivity contribution < 1.29 is 8.42 Å². The van der Waals surface area contributed by atoms with Crippen LogP contribution in [0.25, 0.3) is 0 Å². The van der Waals surface area contributed by atoms with E-state index in [-0.39, 0.29) is 6.04 Å². The molecule has 0 aromatic carbocycles. The molecular formula is C14H32N4O2S. The summed E-state index contributed by atoms with van der Waals surface area (Å²) in [5.74, 6) is 0. The van der Waals surface area contributed by atoms with Crippen molar-refractivity contribution in [3.05, 3.63) is 0 Å². The molecule has 1 aliphatic rings. The third-order valence-corrected chi connectivity index (χ3v) is 5.38. The number of piperidine rings is 1. The predicted molar refractivity (Wildman–Crippen MR) is 87.6 cm³/mol. The quantitative estimate of drug-likeness (QED) is 0.612. The van der Waals surface area contributed by atoms with E-state index in [1.54, 1.807) is 4.31 Å². The average Bonchev–Trinajstić information content (AvgIpc) is 2.41. The monoisotopic (exact) mass is 320 g/mol. The molecule has 7 heteroatoms. The number of hydrogen-bond acceptors (Lipinski definition) is 4. The Morgan fingerprint density at radius 2 is 2.00 bits per heavy atom. The Morgan fingerprint density at radius 3 is 2.62 bits per heavy atom. The Kier molecular flexibility index (Phi) is 8.12. The van der Waals surface area contributed by atoms with Crippen LogP contribution in [-0.4, -0.2) is 70.0 Å². The smallest absolute Gasteiger partial charge is 0.279 e. The third-order valence-electron chi connectivity index (χ3n) is 3.71. The molecule has 126 valence electrons. The predicted octanol–water partition coefficient (Wildman–Crippen LogP) is 0.625. The highest BCUT2D eigenvalue weighted by molar-refractivity contribution is 7.87. The molecule has 21 heavy (non-hydrogen) atoms. The van der Waals surface area contributed by atoms with Crippen LogP contribution in [-0.2, 0) is 10.2 Å². The van der Waals surface area contributed by atoms with Crippen LogP contribution in [0.4, 0.5) is 0 Å². The van der Waals surface area contributed by atoms with Crippen molar-refractivity contribution in [2.45, 2.75) is 51.6 Å². The molecular weight excluding hydrogens is 288 g/mol. The van der Waals surface area contributed by atoms with Gasteiger partial charge in [0.25, 0.3) is 10.2 Å². The first kappa shape index (κ1) is 18.8. The van der Waals surface area contributed by atoms with Gasteiger partial charge in [0.1, 0.15) is 0 Å². The van der Waals surface area contributed by atoms with Crippen LogP contribution in [0, 0.1) is 0 Å². The summed E-state index contributed by atoms with van der Waals surface area (Å²) >= 11 is 0. The van der Waals surface area contributed by atoms with Crippen molar-refractivity contribution >= 4 is 10.2 Å². The zero-order valence-corrected chi connectivity index (χ0v) is 14.7. The van der Waals surface area contributed by atoms with Gasteiger partial charge in [-0.05, 0) is 39.9 Å². The molecule has 2 N–H and O–H groups in total. The van der Waals surface area contributed by atoms with Gasteiger partial charge in [-0.2, -0.15) is 12.7 Å². The van der Waals surface area contributed by atoms with Gasteiger partial charge in [-0.25, -0.2) is 4.72 Å². The molecule has 1 saturated heterocycles. The summed E-state index contributed by atoms with van der Waals surface area (Å²) in [6, 6.07) is 0.456. The highest BCUT2D eigenvalue weighted by atomic mass is 32.2. The molecule has 1 fully saturated rings. The van der Waals surface area contributed by atoms with Gasteiger partial charge in [-0.1, -0.05) is 20.3 Å². The van der Waals surface area contributed by atoms with Gasteiger partial charge < -0.3 is 10.2 Å². The molecule has 0 spiro atoms. The van der Waals surface area contributed by atoms with Crippen LogP contribution in [0.1, 0.15) is 39.5 Å². The fourth-order valence-electron chi connectivity index (χ4n) is 2.55. The molecule has 0 aromatic rings. The Bertz CT molecular complexity index is 384. The van der Waals surface area contributed by atoms with E-state index in [2.05, 4.69) is 28.8 Å². The van der Waals surface area contributed by atoms with Gasteiger partial charge in [0.15, 0.2) is 0 Å². The van der Waals surface area contributed by atoms with Crippen molar-refractivity contribution in [2.24, 2.45) is 0 Å². The van der Waals surface area contributed by atoms with Crippen molar-refractivity contribution in [1.82, 2.24) is 19.2 Å². The fourth-order valence-corrected chi connectivity index (χ4v) is 4.06. The molecule has 0 aliphatic carbocycles. The summed E-state index contributed by atoms with van der Waals surface area (Å²) in [6.07, 6.45) is 3.83. The maximum absolute atomic E-state index is 12.5. The van der Waals surface area contributed by atoms with E-state index in [1.165, 1.54) is 0 Å². The molecule has 0 saturated carbocycles. The average molecular weight is 321 g/mol. The second-order valence-corrected chi connectivity index (χ2v) is 8.09. The van der Waals surface area contributed by atoms with Crippen molar-refractivity contribution in [3.63, 3.8) is 0 Å². The normalized spacial score (nSPS) is 21.3. The molecule has 0 bridgehead atoms. The molecule has 0 radical (unpaired) electrons. The van der Waals surface area contributed by atoms with Crippen LogP contribution >= 0.6 is 0 Å². The second kappa shape index (κ2) is 9.05. The lowest BCUT2D eigenvalue weighted by Crippen LogP contribution is -2.53. The SMILES string of the molecule is CC(C)NCC1CCCCN1S(=O)(=O)NCCCN(C)C.